The minimum Gasteiger partial charge on any atom is -0.348 e. The van der Waals surface area contributed by atoms with Crippen molar-refractivity contribution in [2.75, 3.05) is 0 Å². The Labute approximate surface area is 118 Å². The van der Waals surface area contributed by atoms with E-state index in [1.165, 1.54) is 6.07 Å². The van der Waals surface area contributed by atoms with E-state index in [4.69, 9.17) is 10.3 Å². The SMILES string of the molecule is NC(Cc1cnc[nH]1)c1nc(-c2ccc(F)c(F)c2)no1. The summed E-state index contributed by atoms with van der Waals surface area (Å²) in [6.07, 6.45) is 3.63. The van der Waals surface area contributed by atoms with Gasteiger partial charge in [0, 0.05) is 23.9 Å². The number of nitrogens with zero attached hydrogens (tertiary/aromatic N) is 3. The Morgan fingerprint density at radius 3 is 2.86 bits per heavy atom. The number of aromatic amines is 1. The zero-order valence-corrected chi connectivity index (χ0v) is 10.8. The number of hydrogen-bond donors (Lipinski definition) is 2. The maximum Gasteiger partial charge on any atom is 0.244 e. The maximum absolute atomic E-state index is 13.2. The lowest BCUT2D eigenvalue weighted by atomic mass is 10.2. The van der Waals surface area contributed by atoms with Gasteiger partial charge in [0.25, 0.3) is 0 Å². The van der Waals surface area contributed by atoms with Gasteiger partial charge in [0.05, 0.1) is 12.4 Å². The number of benzene rings is 1. The van der Waals surface area contributed by atoms with E-state index in [1.807, 2.05) is 0 Å². The Bertz CT molecular complexity index is 741. The second-order valence-corrected chi connectivity index (χ2v) is 4.47. The highest BCUT2D eigenvalue weighted by molar-refractivity contribution is 5.54. The molecule has 8 heteroatoms. The van der Waals surface area contributed by atoms with Crippen LogP contribution in [0.25, 0.3) is 11.4 Å². The normalized spacial score (nSPS) is 12.5. The molecule has 0 radical (unpaired) electrons. The number of nitrogens with one attached hydrogen (secondary N) is 1. The fourth-order valence-electron chi connectivity index (χ4n) is 1.86. The number of aromatic nitrogens is 4. The Hall–Kier alpha value is -2.61. The van der Waals surface area contributed by atoms with Gasteiger partial charge < -0.3 is 15.2 Å². The van der Waals surface area contributed by atoms with Crippen LogP contribution in [-0.4, -0.2) is 20.1 Å². The zero-order chi connectivity index (χ0) is 14.8. The molecule has 0 saturated heterocycles. The fraction of sp³-hybridized carbons (Fsp3) is 0.154. The van der Waals surface area contributed by atoms with E-state index in [1.54, 1.807) is 12.5 Å². The number of imidazole rings is 1. The first-order valence-corrected chi connectivity index (χ1v) is 6.15. The molecular formula is C13H11F2N5O. The summed E-state index contributed by atoms with van der Waals surface area (Å²) in [5.41, 5.74) is 7.10. The molecule has 3 aromatic rings. The first-order chi connectivity index (χ1) is 10.1. The zero-order valence-electron chi connectivity index (χ0n) is 10.8. The van der Waals surface area contributed by atoms with E-state index in [0.29, 0.717) is 12.0 Å². The molecule has 0 spiro atoms. The van der Waals surface area contributed by atoms with Crippen LogP contribution < -0.4 is 5.73 Å². The van der Waals surface area contributed by atoms with Crippen LogP contribution in [0.2, 0.25) is 0 Å². The van der Waals surface area contributed by atoms with E-state index >= 15 is 0 Å². The second-order valence-electron chi connectivity index (χ2n) is 4.47. The van der Waals surface area contributed by atoms with Crippen LogP contribution in [0.15, 0.2) is 35.2 Å². The summed E-state index contributed by atoms with van der Waals surface area (Å²) >= 11 is 0. The molecule has 21 heavy (non-hydrogen) atoms. The van der Waals surface area contributed by atoms with Gasteiger partial charge in [-0.05, 0) is 18.2 Å². The number of rotatable bonds is 4. The van der Waals surface area contributed by atoms with Gasteiger partial charge in [-0.2, -0.15) is 4.98 Å². The van der Waals surface area contributed by atoms with Crippen molar-refractivity contribution < 1.29 is 13.3 Å². The Kier molecular flexibility index (Phi) is 3.44. The average molecular weight is 291 g/mol. The highest BCUT2D eigenvalue weighted by Gasteiger charge is 2.17. The third-order valence-corrected chi connectivity index (χ3v) is 2.93. The molecule has 1 atom stereocenters. The number of halogens is 2. The highest BCUT2D eigenvalue weighted by Crippen LogP contribution is 2.21. The third kappa shape index (κ3) is 2.79. The standard InChI is InChI=1S/C13H11F2N5O/c14-9-2-1-7(3-10(9)15)12-19-13(21-20-12)11(16)4-8-5-17-6-18-8/h1-3,5-6,11H,4,16H2,(H,17,18). The first kappa shape index (κ1) is 13.4. The van der Waals surface area contributed by atoms with Gasteiger partial charge in [-0.15, -0.1) is 0 Å². The Morgan fingerprint density at radius 1 is 1.29 bits per heavy atom. The lowest BCUT2D eigenvalue weighted by molar-refractivity contribution is 0.354. The summed E-state index contributed by atoms with van der Waals surface area (Å²) in [4.78, 5) is 10.9. The quantitative estimate of drug-likeness (QED) is 0.766. The molecule has 0 amide bonds. The lowest BCUT2D eigenvalue weighted by Crippen LogP contribution is -2.14. The minimum absolute atomic E-state index is 0.156. The minimum atomic E-state index is -0.972. The van der Waals surface area contributed by atoms with Crippen molar-refractivity contribution >= 4 is 0 Å². The van der Waals surface area contributed by atoms with Crippen molar-refractivity contribution in [3.8, 4) is 11.4 Å². The molecule has 6 nitrogen and oxygen atoms in total. The van der Waals surface area contributed by atoms with Gasteiger partial charge in [0.1, 0.15) is 0 Å². The van der Waals surface area contributed by atoms with Gasteiger partial charge >= 0.3 is 0 Å². The van der Waals surface area contributed by atoms with E-state index in [0.717, 1.165) is 17.8 Å². The molecule has 0 aliphatic heterocycles. The predicted octanol–water partition coefficient (Wildman–Crippen LogP) is 1.98. The summed E-state index contributed by atoms with van der Waals surface area (Å²) in [6, 6.07) is 2.86. The van der Waals surface area contributed by atoms with Crippen LogP contribution in [0, 0.1) is 11.6 Å². The van der Waals surface area contributed by atoms with Crippen LogP contribution >= 0.6 is 0 Å². The van der Waals surface area contributed by atoms with Gasteiger partial charge in [-0.1, -0.05) is 5.16 Å². The van der Waals surface area contributed by atoms with E-state index < -0.39 is 17.7 Å². The van der Waals surface area contributed by atoms with Gasteiger partial charge in [0.15, 0.2) is 11.6 Å². The van der Waals surface area contributed by atoms with Crippen molar-refractivity contribution in [2.24, 2.45) is 5.73 Å². The second kappa shape index (κ2) is 5.41. The van der Waals surface area contributed by atoms with Crippen LogP contribution in [0.1, 0.15) is 17.6 Å². The first-order valence-electron chi connectivity index (χ1n) is 6.15. The summed E-state index contributed by atoms with van der Waals surface area (Å²) in [6.45, 7) is 0. The average Bonchev–Trinajstić information content (AvgIpc) is 3.12. The topological polar surface area (TPSA) is 93.6 Å². The van der Waals surface area contributed by atoms with Crippen LogP contribution in [0.5, 0.6) is 0 Å². The largest absolute Gasteiger partial charge is 0.348 e. The van der Waals surface area contributed by atoms with Crippen molar-refractivity contribution in [3.63, 3.8) is 0 Å². The molecule has 1 unspecified atom stereocenters. The molecule has 0 bridgehead atoms. The van der Waals surface area contributed by atoms with Crippen LogP contribution in [-0.2, 0) is 6.42 Å². The predicted molar refractivity (Wildman–Crippen MR) is 68.9 cm³/mol. The molecule has 3 rings (SSSR count). The molecule has 0 fully saturated rings. The summed E-state index contributed by atoms with van der Waals surface area (Å²) in [7, 11) is 0. The van der Waals surface area contributed by atoms with Gasteiger partial charge in [-0.25, -0.2) is 13.8 Å². The van der Waals surface area contributed by atoms with Gasteiger partial charge in [-0.3, -0.25) is 0 Å². The van der Waals surface area contributed by atoms with E-state index in [9.17, 15) is 8.78 Å². The lowest BCUT2D eigenvalue weighted by Gasteiger charge is -2.03. The van der Waals surface area contributed by atoms with Gasteiger partial charge in [0.2, 0.25) is 11.7 Å². The molecule has 2 heterocycles. The summed E-state index contributed by atoms with van der Waals surface area (Å²) in [5, 5.41) is 3.73. The molecule has 0 aliphatic rings. The number of hydrogen-bond acceptors (Lipinski definition) is 5. The molecule has 108 valence electrons. The molecule has 0 aliphatic carbocycles. The highest BCUT2D eigenvalue weighted by atomic mass is 19.2. The maximum atomic E-state index is 13.2. The smallest absolute Gasteiger partial charge is 0.244 e. The van der Waals surface area contributed by atoms with Crippen molar-refractivity contribution in [2.45, 2.75) is 12.5 Å². The monoisotopic (exact) mass is 291 g/mol. The molecule has 2 aromatic heterocycles. The summed E-state index contributed by atoms with van der Waals surface area (Å²) in [5.74, 6) is -1.53. The molecule has 3 N–H and O–H groups in total. The van der Waals surface area contributed by atoms with Crippen molar-refractivity contribution in [3.05, 3.63) is 53.9 Å². The number of H-pyrrole nitrogens is 1. The van der Waals surface area contributed by atoms with E-state index in [2.05, 4.69) is 20.1 Å². The van der Waals surface area contributed by atoms with Crippen molar-refractivity contribution in [1.29, 1.82) is 0 Å². The molecule has 1 aromatic carbocycles. The third-order valence-electron chi connectivity index (χ3n) is 2.93. The van der Waals surface area contributed by atoms with Crippen molar-refractivity contribution in [1.82, 2.24) is 20.1 Å². The molecular weight excluding hydrogens is 280 g/mol. The Morgan fingerprint density at radius 2 is 2.14 bits per heavy atom. The fourth-order valence-corrected chi connectivity index (χ4v) is 1.86. The summed E-state index contributed by atoms with van der Waals surface area (Å²) < 4.78 is 31.1. The van der Waals surface area contributed by atoms with Crippen LogP contribution in [0.3, 0.4) is 0 Å². The number of nitrogens with two attached hydrogens (primary N) is 1. The van der Waals surface area contributed by atoms with Crippen LogP contribution in [0.4, 0.5) is 8.78 Å². The Balaban J connectivity index is 1.80. The molecule has 0 saturated carbocycles. The van der Waals surface area contributed by atoms with E-state index in [-0.39, 0.29) is 11.7 Å².